The Balaban J connectivity index is 2.52. The van der Waals surface area contributed by atoms with Gasteiger partial charge in [0.1, 0.15) is 5.56 Å². The van der Waals surface area contributed by atoms with Crippen molar-refractivity contribution in [2.45, 2.75) is 18.9 Å². The summed E-state index contributed by atoms with van der Waals surface area (Å²) in [5.41, 5.74) is 3.49. The minimum atomic E-state index is -1.64. The molecular formula is C13H9F3N2O2. The molecule has 0 radical (unpaired) electrons. The van der Waals surface area contributed by atoms with Crippen molar-refractivity contribution < 1.29 is 18.0 Å². The predicted molar refractivity (Wildman–Crippen MR) is 64.9 cm³/mol. The molecule has 0 saturated heterocycles. The summed E-state index contributed by atoms with van der Waals surface area (Å²) in [4.78, 5) is 23.3. The number of benzene rings is 1. The number of carbonyl (C=O) groups is 1. The number of nitrogens with two attached hydrogens (primary N) is 1. The van der Waals surface area contributed by atoms with Crippen LogP contribution in [0.3, 0.4) is 0 Å². The fourth-order valence-corrected chi connectivity index (χ4v) is 2.23. The molecule has 104 valence electrons. The van der Waals surface area contributed by atoms with E-state index < -0.39 is 28.8 Å². The van der Waals surface area contributed by atoms with Crippen LogP contribution in [0.1, 0.15) is 29.2 Å². The topological polar surface area (TPSA) is 65.1 Å². The Hall–Kier alpha value is -2.31. The highest BCUT2D eigenvalue weighted by Gasteiger charge is 2.29. The number of carbonyl (C=O) groups excluding carboxylic acids is 1. The van der Waals surface area contributed by atoms with Gasteiger partial charge in [-0.25, -0.2) is 13.2 Å². The molecule has 20 heavy (non-hydrogen) atoms. The smallest absolute Gasteiger partial charge is 0.254 e. The van der Waals surface area contributed by atoms with Crippen molar-refractivity contribution in [3.8, 4) is 0 Å². The number of aromatic nitrogens is 1. The van der Waals surface area contributed by atoms with Gasteiger partial charge in [0, 0.05) is 12.2 Å². The van der Waals surface area contributed by atoms with Crippen LogP contribution in [0.15, 0.2) is 17.1 Å². The molecule has 4 nitrogen and oxygen atoms in total. The summed E-state index contributed by atoms with van der Waals surface area (Å²) >= 11 is 0. The molecule has 1 saturated carbocycles. The highest BCUT2D eigenvalue weighted by Crippen LogP contribution is 2.38. The number of hydrogen-bond donors (Lipinski definition) is 1. The lowest BCUT2D eigenvalue weighted by Gasteiger charge is -2.13. The Morgan fingerprint density at radius 2 is 1.90 bits per heavy atom. The third kappa shape index (κ3) is 1.70. The molecule has 1 aromatic heterocycles. The average molecular weight is 282 g/mol. The first-order valence-corrected chi connectivity index (χ1v) is 5.94. The van der Waals surface area contributed by atoms with Crippen LogP contribution in [0.4, 0.5) is 13.2 Å². The number of hydrogen-bond acceptors (Lipinski definition) is 2. The summed E-state index contributed by atoms with van der Waals surface area (Å²) in [6.45, 7) is 0. The second kappa shape index (κ2) is 4.09. The molecule has 0 bridgehead atoms. The van der Waals surface area contributed by atoms with Gasteiger partial charge in [0.2, 0.25) is 5.43 Å². The Kier molecular flexibility index (Phi) is 2.60. The molecule has 0 spiro atoms. The largest absolute Gasteiger partial charge is 0.365 e. The quantitative estimate of drug-likeness (QED) is 0.854. The van der Waals surface area contributed by atoms with Crippen molar-refractivity contribution in [2.24, 2.45) is 5.73 Å². The van der Waals surface area contributed by atoms with Gasteiger partial charge in [0.05, 0.1) is 10.9 Å². The van der Waals surface area contributed by atoms with Gasteiger partial charge in [-0.05, 0) is 18.9 Å². The van der Waals surface area contributed by atoms with Crippen molar-refractivity contribution in [2.75, 3.05) is 0 Å². The van der Waals surface area contributed by atoms with Crippen LogP contribution >= 0.6 is 0 Å². The summed E-state index contributed by atoms with van der Waals surface area (Å²) in [5.74, 6) is -5.54. The average Bonchev–Trinajstić information content (AvgIpc) is 3.21. The molecule has 7 heteroatoms. The van der Waals surface area contributed by atoms with Gasteiger partial charge in [-0.15, -0.1) is 0 Å². The number of primary amides is 1. The highest BCUT2D eigenvalue weighted by atomic mass is 19.2. The summed E-state index contributed by atoms with van der Waals surface area (Å²) in [6, 6.07) is 0.456. The summed E-state index contributed by atoms with van der Waals surface area (Å²) in [6.07, 6.45) is 2.52. The van der Waals surface area contributed by atoms with Crippen LogP contribution in [-0.2, 0) is 0 Å². The molecular weight excluding hydrogens is 273 g/mol. The third-order valence-electron chi connectivity index (χ3n) is 3.36. The second-order valence-corrected chi connectivity index (χ2v) is 4.76. The van der Waals surface area contributed by atoms with Crippen molar-refractivity contribution >= 4 is 16.8 Å². The Bertz CT molecular complexity index is 810. The van der Waals surface area contributed by atoms with Gasteiger partial charge in [0.15, 0.2) is 17.5 Å². The molecule has 3 rings (SSSR count). The molecule has 2 aromatic rings. The lowest BCUT2D eigenvalue weighted by Crippen LogP contribution is -2.24. The monoisotopic (exact) mass is 282 g/mol. The number of rotatable bonds is 2. The number of pyridine rings is 1. The van der Waals surface area contributed by atoms with E-state index in [1.165, 1.54) is 4.57 Å². The number of nitrogens with zero attached hydrogens (tertiary/aromatic N) is 1. The van der Waals surface area contributed by atoms with E-state index in [2.05, 4.69) is 0 Å². The fraction of sp³-hybridized carbons (Fsp3) is 0.231. The zero-order valence-corrected chi connectivity index (χ0v) is 10.1. The first kappa shape index (κ1) is 12.7. The lowest BCUT2D eigenvalue weighted by atomic mass is 10.1. The van der Waals surface area contributed by atoms with Gasteiger partial charge >= 0.3 is 0 Å². The SMILES string of the molecule is NC(=O)c1cn(C2CC2)c2c(F)c(F)c(F)cc2c1=O. The van der Waals surface area contributed by atoms with Crippen LogP contribution in [0, 0.1) is 17.5 Å². The standard InChI is InChI=1S/C13H9F3N2O2/c14-8-3-6-11(10(16)9(8)15)18(5-1-2-5)4-7(12(6)19)13(17)20/h3-5H,1-2H2,(H2,17,20). The van der Waals surface area contributed by atoms with Gasteiger partial charge in [-0.3, -0.25) is 9.59 Å². The van der Waals surface area contributed by atoms with E-state index in [1.807, 2.05) is 0 Å². The van der Waals surface area contributed by atoms with Crippen LogP contribution in [0.5, 0.6) is 0 Å². The number of fused-ring (bicyclic) bond motifs is 1. The van der Waals surface area contributed by atoms with Gasteiger partial charge in [-0.2, -0.15) is 0 Å². The lowest BCUT2D eigenvalue weighted by molar-refractivity contribution is 0.0998. The van der Waals surface area contributed by atoms with Gasteiger partial charge in [0.25, 0.3) is 5.91 Å². The van der Waals surface area contributed by atoms with Crippen molar-refractivity contribution in [3.63, 3.8) is 0 Å². The maximum absolute atomic E-state index is 13.9. The highest BCUT2D eigenvalue weighted by molar-refractivity contribution is 5.96. The van der Waals surface area contributed by atoms with Crippen LogP contribution in [0.25, 0.3) is 10.9 Å². The minimum Gasteiger partial charge on any atom is -0.365 e. The maximum atomic E-state index is 13.9. The van der Waals surface area contributed by atoms with Crippen LogP contribution in [-0.4, -0.2) is 10.5 Å². The van der Waals surface area contributed by atoms with Crippen LogP contribution < -0.4 is 11.2 Å². The van der Waals surface area contributed by atoms with Crippen molar-refractivity contribution in [1.82, 2.24) is 4.57 Å². The number of halogens is 3. The second-order valence-electron chi connectivity index (χ2n) is 4.76. The summed E-state index contributed by atoms with van der Waals surface area (Å²) < 4.78 is 41.9. The Labute approximate surface area is 110 Å². The number of amides is 1. The van der Waals surface area contributed by atoms with Gasteiger partial charge in [-0.1, -0.05) is 0 Å². The van der Waals surface area contributed by atoms with Crippen molar-refractivity contribution in [1.29, 1.82) is 0 Å². The molecule has 0 atom stereocenters. The Morgan fingerprint density at radius 1 is 1.25 bits per heavy atom. The molecule has 1 aromatic carbocycles. The predicted octanol–water partition coefficient (Wildman–Crippen LogP) is 1.85. The first-order chi connectivity index (χ1) is 9.41. The van der Waals surface area contributed by atoms with E-state index in [4.69, 9.17) is 5.73 Å². The molecule has 2 N–H and O–H groups in total. The molecule has 1 fully saturated rings. The molecule has 1 heterocycles. The van der Waals surface area contributed by atoms with Gasteiger partial charge < -0.3 is 10.3 Å². The summed E-state index contributed by atoms with van der Waals surface area (Å²) in [7, 11) is 0. The molecule has 0 aliphatic heterocycles. The van der Waals surface area contributed by atoms with Crippen LogP contribution in [0.2, 0.25) is 0 Å². The van der Waals surface area contributed by atoms with E-state index in [1.54, 1.807) is 0 Å². The minimum absolute atomic E-state index is 0.143. The van der Waals surface area contributed by atoms with E-state index in [-0.39, 0.29) is 22.5 Å². The zero-order chi connectivity index (χ0) is 14.6. The third-order valence-corrected chi connectivity index (χ3v) is 3.36. The van der Waals surface area contributed by atoms with E-state index in [0.29, 0.717) is 18.9 Å². The van der Waals surface area contributed by atoms with E-state index >= 15 is 0 Å². The molecule has 0 unspecified atom stereocenters. The summed E-state index contributed by atoms with van der Waals surface area (Å²) in [5, 5.41) is -0.385. The zero-order valence-electron chi connectivity index (χ0n) is 10.1. The molecule has 1 aliphatic carbocycles. The van der Waals surface area contributed by atoms with Crippen molar-refractivity contribution in [3.05, 3.63) is 45.5 Å². The van der Waals surface area contributed by atoms with E-state index in [9.17, 15) is 22.8 Å². The first-order valence-electron chi connectivity index (χ1n) is 5.94. The Morgan fingerprint density at radius 3 is 2.45 bits per heavy atom. The van der Waals surface area contributed by atoms with E-state index in [0.717, 1.165) is 6.20 Å². The molecule has 1 aliphatic rings. The fourth-order valence-electron chi connectivity index (χ4n) is 2.23. The maximum Gasteiger partial charge on any atom is 0.254 e. The molecule has 1 amide bonds. The normalized spacial score (nSPS) is 14.8.